The molecule has 0 spiro atoms. The molecular formula is C19H18N2O3S. The smallest absolute Gasteiger partial charge is 0.349 e. The molecule has 1 aliphatic heterocycles. The summed E-state index contributed by atoms with van der Waals surface area (Å²) in [6.07, 6.45) is 1.76. The van der Waals surface area contributed by atoms with Crippen LogP contribution in [0.15, 0.2) is 29.1 Å². The molecular weight excluding hydrogens is 336 g/mol. The third-order valence-electron chi connectivity index (χ3n) is 4.59. The van der Waals surface area contributed by atoms with E-state index in [1.807, 2.05) is 31.2 Å². The number of benzene rings is 1. The molecule has 3 heterocycles. The fourth-order valence-corrected chi connectivity index (χ4v) is 4.25. The molecule has 0 N–H and O–H groups in total. The number of ether oxygens (including phenoxy) is 1. The van der Waals surface area contributed by atoms with Crippen LogP contribution in [0.2, 0.25) is 0 Å². The van der Waals surface area contributed by atoms with E-state index in [1.165, 1.54) is 11.3 Å². The van der Waals surface area contributed by atoms with Crippen LogP contribution < -0.4 is 5.56 Å². The number of hydrogen-bond donors (Lipinski definition) is 0. The molecule has 3 aromatic rings. The van der Waals surface area contributed by atoms with Crippen LogP contribution in [-0.2, 0) is 24.3 Å². The maximum absolute atomic E-state index is 12.7. The Kier molecular flexibility index (Phi) is 3.92. The van der Waals surface area contributed by atoms with E-state index in [0.29, 0.717) is 27.2 Å². The zero-order valence-corrected chi connectivity index (χ0v) is 15.0. The minimum atomic E-state index is -0.398. The van der Waals surface area contributed by atoms with Gasteiger partial charge < -0.3 is 4.74 Å². The number of carbonyl (C=O) groups is 1. The molecule has 0 unspecified atom stereocenters. The SMILES string of the molecule is Cc1ccc(COC(=O)c2sc3nc4n(c(=O)c3c2C)CCC4)cc1. The second kappa shape index (κ2) is 6.11. The molecule has 0 saturated heterocycles. The van der Waals surface area contributed by atoms with Crippen LogP contribution in [0.5, 0.6) is 0 Å². The number of thiophene rings is 1. The summed E-state index contributed by atoms with van der Waals surface area (Å²) in [5.41, 5.74) is 2.74. The van der Waals surface area contributed by atoms with Gasteiger partial charge in [-0.3, -0.25) is 9.36 Å². The minimum absolute atomic E-state index is 0.0381. The molecule has 5 nitrogen and oxygen atoms in total. The Balaban J connectivity index is 1.64. The molecule has 4 rings (SSSR count). The van der Waals surface area contributed by atoms with Gasteiger partial charge in [-0.25, -0.2) is 9.78 Å². The summed E-state index contributed by atoms with van der Waals surface area (Å²) in [6.45, 7) is 4.74. The largest absolute Gasteiger partial charge is 0.457 e. The Bertz CT molecular complexity index is 1030. The fraction of sp³-hybridized carbons (Fsp3) is 0.316. The minimum Gasteiger partial charge on any atom is -0.457 e. The van der Waals surface area contributed by atoms with Crippen molar-refractivity contribution in [3.05, 3.63) is 62.0 Å². The lowest BCUT2D eigenvalue weighted by Crippen LogP contribution is -2.20. The topological polar surface area (TPSA) is 61.2 Å². The molecule has 0 radical (unpaired) electrons. The first-order valence-corrected chi connectivity index (χ1v) is 9.11. The van der Waals surface area contributed by atoms with E-state index in [1.54, 1.807) is 11.5 Å². The van der Waals surface area contributed by atoms with Crippen molar-refractivity contribution < 1.29 is 9.53 Å². The lowest BCUT2D eigenvalue weighted by atomic mass is 10.2. The van der Waals surface area contributed by atoms with Gasteiger partial charge in [0.25, 0.3) is 5.56 Å². The van der Waals surface area contributed by atoms with Gasteiger partial charge in [0.1, 0.15) is 22.1 Å². The predicted molar refractivity (Wildman–Crippen MR) is 97.2 cm³/mol. The number of aryl methyl sites for hydroxylation is 3. The lowest BCUT2D eigenvalue weighted by Gasteiger charge is -2.04. The Hall–Kier alpha value is -2.47. The molecule has 128 valence electrons. The van der Waals surface area contributed by atoms with Gasteiger partial charge in [0.05, 0.1) is 5.39 Å². The molecule has 0 bridgehead atoms. The van der Waals surface area contributed by atoms with E-state index in [0.717, 1.165) is 29.8 Å². The summed E-state index contributed by atoms with van der Waals surface area (Å²) in [5, 5.41) is 0.554. The molecule has 0 aliphatic carbocycles. The number of rotatable bonds is 3. The van der Waals surface area contributed by atoms with E-state index in [2.05, 4.69) is 4.98 Å². The van der Waals surface area contributed by atoms with Crippen LogP contribution >= 0.6 is 11.3 Å². The summed E-state index contributed by atoms with van der Waals surface area (Å²) in [6, 6.07) is 7.86. The Morgan fingerprint density at radius 3 is 2.80 bits per heavy atom. The Labute approximate surface area is 148 Å². The van der Waals surface area contributed by atoms with E-state index >= 15 is 0 Å². The standard InChI is InChI=1S/C19H18N2O3S/c1-11-5-7-13(8-6-11)10-24-19(23)16-12(2)15-17(25-16)20-14-4-3-9-21(14)18(15)22/h5-8H,3-4,9-10H2,1-2H3. The third kappa shape index (κ3) is 2.76. The van der Waals surface area contributed by atoms with E-state index < -0.39 is 5.97 Å². The summed E-state index contributed by atoms with van der Waals surface area (Å²) >= 11 is 1.25. The predicted octanol–water partition coefficient (Wildman–Crippen LogP) is 3.38. The highest BCUT2D eigenvalue weighted by Gasteiger charge is 2.23. The first kappa shape index (κ1) is 16.0. The monoisotopic (exact) mass is 354 g/mol. The number of fused-ring (bicyclic) bond motifs is 2. The first-order valence-electron chi connectivity index (χ1n) is 8.30. The molecule has 0 fully saturated rings. The molecule has 0 atom stereocenters. The van der Waals surface area contributed by atoms with Crippen LogP contribution in [-0.4, -0.2) is 15.5 Å². The zero-order chi connectivity index (χ0) is 17.6. The van der Waals surface area contributed by atoms with Gasteiger partial charge in [0.2, 0.25) is 0 Å². The number of hydrogen-bond acceptors (Lipinski definition) is 5. The molecule has 1 aromatic carbocycles. The number of carbonyl (C=O) groups excluding carboxylic acids is 1. The molecule has 2 aromatic heterocycles. The quantitative estimate of drug-likeness (QED) is 0.677. The van der Waals surface area contributed by atoms with Crippen molar-refractivity contribution in [3.63, 3.8) is 0 Å². The average Bonchev–Trinajstić information content (AvgIpc) is 3.19. The van der Waals surface area contributed by atoms with Crippen molar-refractivity contribution in [2.75, 3.05) is 0 Å². The van der Waals surface area contributed by atoms with Gasteiger partial charge in [-0.15, -0.1) is 11.3 Å². The molecule has 0 amide bonds. The summed E-state index contributed by atoms with van der Waals surface area (Å²) < 4.78 is 7.17. The van der Waals surface area contributed by atoms with E-state index in [9.17, 15) is 9.59 Å². The van der Waals surface area contributed by atoms with Gasteiger partial charge in [0, 0.05) is 13.0 Å². The normalized spacial score (nSPS) is 13.2. The first-order chi connectivity index (χ1) is 12.0. The zero-order valence-electron chi connectivity index (χ0n) is 14.2. The number of nitrogens with zero attached hydrogens (tertiary/aromatic N) is 2. The van der Waals surface area contributed by atoms with Gasteiger partial charge in [-0.05, 0) is 31.4 Å². The van der Waals surface area contributed by atoms with Crippen molar-refractivity contribution in [2.24, 2.45) is 0 Å². The van der Waals surface area contributed by atoms with Crippen molar-refractivity contribution in [1.29, 1.82) is 0 Å². The summed E-state index contributed by atoms with van der Waals surface area (Å²) in [4.78, 5) is 30.8. The Morgan fingerprint density at radius 1 is 1.28 bits per heavy atom. The second-order valence-electron chi connectivity index (χ2n) is 6.39. The van der Waals surface area contributed by atoms with Crippen LogP contribution in [0.1, 0.15) is 38.6 Å². The summed E-state index contributed by atoms with van der Waals surface area (Å²) in [5.74, 6) is 0.420. The average molecular weight is 354 g/mol. The van der Waals surface area contributed by atoms with Crippen LogP contribution in [0, 0.1) is 13.8 Å². The lowest BCUT2D eigenvalue weighted by molar-refractivity contribution is 0.0478. The van der Waals surface area contributed by atoms with E-state index in [4.69, 9.17) is 4.74 Å². The van der Waals surface area contributed by atoms with Gasteiger partial charge in [-0.2, -0.15) is 0 Å². The number of esters is 1. The Morgan fingerprint density at radius 2 is 2.04 bits per heavy atom. The summed E-state index contributed by atoms with van der Waals surface area (Å²) in [7, 11) is 0. The van der Waals surface area contributed by atoms with Gasteiger partial charge in [0.15, 0.2) is 0 Å². The van der Waals surface area contributed by atoms with E-state index in [-0.39, 0.29) is 12.2 Å². The molecule has 6 heteroatoms. The highest BCUT2D eigenvalue weighted by atomic mass is 32.1. The third-order valence-corrected chi connectivity index (χ3v) is 5.75. The van der Waals surface area contributed by atoms with Crippen molar-refractivity contribution in [3.8, 4) is 0 Å². The van der Waals surface area contributed by atoms with Crippen LogP contribution in [0.3, 0.4) is 0 Å². The molecule has 0 saturated carbocycles. The van der Waals surface area contributed by atoms with Crippen LogP contribution in [0.4, 0.5) is 0 Å². The van der Waals surface area contributed by atoms with Gasteiger partial charge >= 0.3 is 5.97 Å². The highest BCUT2D eigenvalue weighted by Crippen LogP contribution is 2.29. The molecule has 25 heavy (non-hydrogen) atoms. The maximum Gasteiger partial charge on any atom is 0.349 e. The maximum atomic E-state index is 12.7. The van der Waals surface area contributed by atoms with Crippen molar-refractivity contribution in [2.45, 2.75) is 39.8 Å². The molecule has 1 aliphatic rings. The van der Waals surface area contributed by atoms with Crippen LogP contribution in [0.25, 0.3) is 10.2 Å². The number of aromatic nitrogens is 2. The van der Waals surface area contributed by atoms with Crippen molar-refractivity contribution >= 4 is 27.5 Å². The highest BCUT2D eigenvalue weighted by molar-refractivity contribution is 7.20. The van der Waals surface area contributed by atoms with Crippen molar-refractivity contribution in [1.82, 2.24) is 9.55 Å². The second-order valence-corrected chi connectivity index (χ2v) is 7.39. The fourth-order valence-electron chi connectivity index (χ4n) is 3.17. The van der Waals surface area contributed by atoms with Gasteiger partial charge in [-0.1, -0.05) is 29.8 Å².